The summed E-state index contributed by atoms with van der Waals surface area (Å²) in [6, 6.07) is 5.46. The summed E-state index contributed by atoms with van der Waals surface area (Å²) in [4.78, 5) is 58.8. The van der Waals surface area contributed by atoms with Crippen molar-refractivity contribution >= 4 is 43.0 Å². The quantitative estimate of drug-likeness (QED) is 0.182. The van der Waals surface area contributed by atoms with Gasteiger partial charge in [0.1, 0.15) is 29.1 Å². The van der Waals surface area contributed by atoms with E-state index in [1.165, 1.54) is 11.3 Å². The van der Waals surface area contributed by atoms with E-state index < -0.39 is 60.7 Å². The number of allylic oxidation sites excluding steroid dienone is 1. The van der Waals surface area contributed by atoms with Crippen molar-refractivity contribution in [3.05, 3.63) is 36.4 Å². The molecular weight excluding hydrogens is 701 g/mol. The van der Waals surface area contributed by atoms with Gasteiger partial charge in [-0.05, 0) is 91.7 Å². The SMILES string of the molecule is CCOP(=O)(OCC)[C@@]12C[C@H]1C=CCCCCC[C@H](NC(=O)OC(C)(C)C)C(=O)N1C[C@H](OC(=O)Nc3ccccc3N3CCCCC3)C[C@H]1C(=O)N2. The normalized spacial score (nSPS) is 27.0. The number of hydrogen-bond acceptors (Lipinski definition) is 10. The first-order valence-electron chi connectivity index (χ1n) is 19.3. The fraction of sp³-hybridized carbons (Fsp3) is 0.684. The minimum atomic E-state index is -3.86. The molecule has 3 N–H and O–H groups in total. The van der Waals surface area contributed by atoms with Crippen molar-refractivity contribution in [1.82, 2.24) is 15.5 Å². The standard InChI is InChI=1S/C38H58N5O9P/c1-6-49-53(48,50-7-2)38-25-27(38)18-12-9-8-10-13-20-30(40-36(47)52-37(3,4)5)34(45)43-26-28(24-32(43)33(44)41-38)51-35(46)39-29-19-14-15-21-31(29)42-22-16-11-17-23-42/h12,14-15,18-19,21,27-28,30,32H,6-11,13,16-17,20,22-26H2,1-5H3,(H,39,46)(H,40,47)(H,41,44)/t27-,28-,30+,32+,38+/m1/s1. The second kappa shape index (κ2) is 17.7. The number of rotatable bonds is 9. The molecule has 5 atom stereocenters. The van der Waals surface area contributed by atoms with Gasteiger partial charge in [-0.2, -0.15) is 0 Å². The molecule has 3 fully saturated rings. The number of nitrogens with one attached hydrogen (secondary N) is 3. The lowest BCUT2D eigenvalue weighted by Crippen LogP contribution is -2.55. The highest BCUT2D eigenvalue weighted by Gasteiger charge is 2.68. The van der Waals surface area contributed by atoms with Crippen molar-refractivity contribution in [2.24, 2.45) is 5.92 Å². The van der Waals surface area contributed by atoms with E-state index in [0.29, 0.717) is 24.9 Å². The van der Waals surface area contributed by atoms with Crippen LogP contribution in [-0.2, 0) is 32.7 Å². The summed E-state index contributed by atoms with van der Waals surface area (Å²) in [5, 5.41) is 7.33. The topological polar surface area (TPSA) is 165 Å². The molecule has 0 radical (unpaired) electrons. The summed E-state index contributed by atoms with van der Waals surface area (Å²) < 4.78 is 37.3. The van der Waals surface area contributed by atoms with Gasteiger partial charge in [0.25, 0.3) is 0 Å². The number of nitrogens with zero attached hydrogens (tertiary/aromatic N) is 2. The van der Waals surface area contributed by atoms with Crippen LogP contribution in [0.5, 0.6) is 0 Å². The highest BCUT2D eigenvalue weighted by Crippen LogP contribution is 2.73. The van der Waals surface area contributed by atoms with Crippen LogP contribution in [0.2, 0.25) is 0 Å². The van der Waals surface area contributed by atoms with Gasteiger partial charge in [0.2, 0.25) is 11.8 Å². The highest BCUT2D eigenvalue weighted by molar-refractivity contribution is 7.56. The van der Waals surface area contributed by atoms with Crippen LogP contribution in [0.3, 0.4) is 0 Å². The minimum absolute atomic E-state index is 0.0118. The van der Waals surface area contributed by atoms with E-state index >= 15 is 0 Å². The maximum atomic E-state index is 14.4. The van der Waals surface area contributed by atoms with E-state index in [2.05, 4.69) is 20.9 Å². The van der Waals surface area contributed by atoms with Gasteiger partial charge in [0.05, 0.1) is 31.1 Å². The Morgan fingerprint density at radius 2 is 1.68 bits per heavy atom. The summed E-state index contributed by atoms with van der Waals surface area (Å²) in [5.74, 6) is -1.36. The third-order valence-corrected chi connectivity index (χ3v) is 12.9. The third-order valence-electron chi connectivity index (χ3n) is 10.1. The van der Waals surface area contributed by atoms with Crippen molar-refractivity contribution in [2.75, 3.05) is 43.1 Å². The van der Waals surface area contributed by atoms with Crippen LogP contribution in [0.15, 0.2) is 36.4 Å². The van der Waals surface area contributed by atoms with Gasteiger partial charge in [-0.25, -0.2) is 9.59 Å². The minimum Gasteiger partial charge on any atom is -0.444 e. The summed E-state index contributed by atoms with van der Waals surface area (Å²) >= 11 is 0. The van der Waals surface area contributed by atoms with Crippen LogP contribution in [0, 0.1) is 5.92 Å². The van der Waals surface area contributed by atoms with Gasteiger partial charge in [-0.3, -0.25) is 19.5 Å². The number of carbonyl (C=O) groups excluding carboxylic acids is 4. The molecule has 4 aliphatic rings. The van der Waals surface area contributed by atoms with Crippen LogP contribution < -0.4 is 20.9 Å². The lowest BCUT2D eigenvalue weighted by atomic mass is 10.0. The molecule has 3 aliphatic heterocycles. The number of fused-ring (bicyclic) bond motifs is 2. The predicted molar refractivity (Wildman–Crippen MR) is 202 cm³/mol. The maximum Gasteiger partial charge on any atom is 0.412 e. The summed E-state index contributed by atoms with van der Waals surface area (Å²) in [5.41, 5.74) is 0.721. The van der Waals surface area contributed by atoms with Crippen LogP contribution >= 0.6 is 7.60 Å². The maximum absolute atomic E-state index is 14.4. The summed E-state index contributed by atoms with van der Waals surface area (Å²) in [6.45, 7) is 10.6. The van der Waals surface area contributed by atoms with Gasteiger partial charge >= 0.3 is 19.8 Å². The lowest BCUT2D eigenvalue weighted by Gasteiger charge is -2.32. The molecule has 1 aromatic carbocycles. The Bertz CT molecular complexity index is 1530. The Balaban J connectivity index is 1.42. The number of carbonyl (C=O) groups is 4. The van der Waals surface area contributed by atoms with E-state index in [0.717, 1.165) is 50.9 Å². The van der Waals surface area contributed by atoms with Gasteiger partial charge in [0.15, 0.2) is 0 Å². The second-order valence-corrected chi connectivity index (χ2v) is 17.6. The van der Waals surface area contributed by atoms with E-state index in [9.17, 15) is 23.7 Å². The van der Waals surface area contributed by atoms with E-state index in [-0.39, 0.29) is 32.1 Å². The molecule has 3 heterocycles. The van der Waals surface area contributed by atoms with Crippen LogP contribution in [0.1, 0.15) is 98.8 Å². The predicted octanol–water partition coefficient (Wildman–Crippen LogP) is 6.71. The second-order valence-electron chi connectivity index (χ2n) is 15.3. The number of anilines is 2. The van der Waals surface area contributed by atoms with Crippen molar-refractivity contribution in [2.45, 2.75) is 128 Å². The number of piperidine rings is 1. The Hall–Kier alpha value is -3.61. The molecule has 1 saturated carbocycles. The summed E-state index contributed by atoms with van der Waals surface area (Å²) in [6.07, 6.45) is 8.67. The zero-order valence-electron chi connectivity index (χ0n) is 31.9. The largest absolute Gasteiger partial charge is 0.444 e. The fourth-order valence-electron chi connectivity index (χ4n) is 7.55. The molecule has 4 amide bonds. The van der Waals surface area contributed by atoms with Gasteiger partial charge < -0.3 is 39.0 Å². The zero-order valence-corrected chi connectivity index (χ0v) is 32.8. The molecular formula is C38H58N5O9P. The number of amides is 4. The van der Waals surface area contributed by atoms with Crippen molar-refractivity contribution < 1.29 is 42.3 Å². The van der Waals surface area contributed by atoms with Crippen LogP contribution in [0.25, 0.3) is 0 Å². The average molecular weight is 760 g/mol. The van der Waals surface area contributed by atoms with Gasteiger partial charge in [-0.15, -0.1) is 0 Å². The molecule has 1 aromatic rings. The van der Waals surface area contributed by atoms with Crippen LogP contribution in [-0.4, -0.2) is 90.8 Å². The molecule has 2 saturated heterocycles. The molecule has 5 rings (SSSR count). The van der Waals surface area contributed by atoms with Crippen molar-refractivity contribution in [3.8, 4) is 0 Å². The molecule has 1 aliphatic carbocycles. The van der Waals surface area contributed by atoms with E-state index in [1.807, 2.05) is 36.4 Å². The molecule has 14 nitrogen and oxygen atoms in total. The summed E-state index contributed by atoms with van der Waals surface area (Å²) in [7, 11) is -3.86. The highest BCUT2D eigenvalue weighted by atomic mass is 31.2. The zero-order chi connectivity index (χ0) is 38.2. The Morgan fingerprint density at radius 3 is 2.38 bits per heavy atom. The molecule has 53 heavy (non-hydrogen) atoms. The van der Waals surface area contributed by atoms with E-state index in [1.54, 1.807) is 34.6 Å². The first kappa shape index (κ1) is 40.6. The van der Waals surface area contributed by atoms with Crippen molar-refractivity contribution in [3.63, 3.8) is 0 Å². The average Bonchev–Trinajstić information content (AvgIpc) is 3.65. The first-order chi connectivity index (χ1) is 25.3. The van der Waals surface area contributed by atoms with E-state index in [4.69, 9.17) is 18.5 Å². The first-order valence-corrected chi connectivity index (χ1v) is 20.8. The number of para-hydroxylation sites is 2. The Morgan fingerprint density at radius 1 is 0.981 bits per heavy atom. The number of hydrogen-bond donors (Lipinski definition) is 3. The molecule has 0 aromatic heterocycles. The lowest BCUT2D eigenvalue weighted by molar-refractivity contribution is -0.140. The molecule has 15 heteroatoms. The Labute approximate surface area is 313 Å². The Kier molecular flexibility index (Phi) is 13.5. The monoisotopic (exact) mass is 759 g/mol. The van der Waals surface area contributed by atoms with Gasteiger partial charge in [0, 0.05) is 25.4 Å². The smallest absolute Gasteiger partial charge is 0.412 e. The molecule has 0 unspecified atom stereocenters. The molecule has 0 bridgehead atoms. The third kappa shape index (κ3) is 10.1. The molecule has 294 valence electrons. The number of benzene rings is 1. The molecule has 0 spiro atoms. The van der Waals surface area contributed by atoms with Crippen LogP contribution in [0.4, 0.5) is 21.0 Å². The fourth-order valence-corrected chi connectivity index (χ4v) is 9.92. The number of ether oxygens (including phenoxy) is 2. The number of alkyl carbamates (subject to hydrolysis) is 1. The van der Waals surface area contributed by atoms with Gasteiger partial charge in [-0.1, -0.05) is 37.1 Å². The van der Waals surface area contributed by atoms with Crippen molar-refractivity contribution in [1.29, 1.82) is 0 Å².